The summed E-state index contributed by atoms with van der Waals surface area (Å²) in [6.45, 7) is 2.29. The SMILES string of the molecule is O=C(NCC1CCN(c2nc3ccccc3o2)CC1)c1cc(-c2ccco2)on1. The number of anilines is 1. The Morgan fingerprint density at radius 2 is 2.00 bits per heavy atom. The molecule has 1 aliphatic rings. The number of nitrogens with one attached hydrogen (secondary N) is 1. The van der Waals surface area contributed by atoms with Crippen LogP contribution in [0.25, 0.3) is 22.6 Å². The van der Waals surface area contributed by atoms with E-state index < -0.39 is 0 Å². The van der Waals surface area contributed by atoms with E-state index in [2.05, 4.69) is 20.4 Å². The molecular weight excluding hydrogens is 372 g/mol. The Bertz CT molecular complexity index is 1070. The van der Waals surface area contributed by atoms with E-state index in [9.17, 15) is 4.79 Å². The van der Waals surface area contributed by atoms with Gasteiger partial charge in [0.15, 0.2) is 17.0 Å². The first-order chi connectivity index (χ1) is 14.3. The van der Waals surface area contributed by atoms with Crippen molar-refractivity contribution in [2.75, 3.05) is 24.5 Å². The maximum atomic E-state index is 12.4. The van der Waals surface area contributed by atoms with Crippen LogP contribution in [0.5, 0.6) is 0 Å². The first kappa shape index (κ1) is 17.5. The average Bonchev–Trinajstić information content (AvgIpc) is 3.52. The number of nitrogens with zero attached hydrogens (tertiary/aromatic N) is 3. The number of amides is 1. The highest BCUT2D eigenvalue weighted by Crippen LogP contribution is 2.26. The minimum absolute atomic E-state index is 0.243. The van der Waals surface area contributed by atoms with E-state index >= 15 is 0 Å². The molecule has 0 bridgehead atoms. The molecule has 0 aliphatic carbocycles. The van der Waals surface area contributed by atoms with Gasteiger partial charge in [-0.1, -0.05) is 17.3 Å². The van der Waals surface area contributed by atoms with Crippen molar-refractivity contribution >= 4 is 23.0 Å². The average molecular weight is 392 g/mol. The Labute approximate surface area is 166 Å². The Morgan fingerprint density at radius 3 is 2.79 bits per heavy atom. The quantitative estimate of drug-likeness (QED) is 0.553. The standard InChI is InChI=1S/C21H20N4O4/c26-20(16-12-19(29-24-16)18-6-3-11-27-18)22-13-14-7-9-25(10-8-14)21-23-15-4-1-2-5-17(15)28-21/h1-6,11-12,14H,7-10,13H2,(H,22,26). The largest absolute Gasteiger partial charge is 0.461 e. The van der Waals surface area contributed by atoms with Crippen molar-refractivity contribution in [3.05, 3.63) is 54.4 Å². The van der Waals surface area contributed by atoms with Gasteiger partial charge < -0.3 is 23.6 Å². The van der Waals surface area contributed by atoms with Crippen LogP contribution >= 0.6 is 0 Å². The summed E-state index contributed by atoms with van der Waals surface area (Å²) in [5.41, 5.74) is 1.93. The molecular formula is C21H20N4O4. The van der Waals surface area contributed by atoms with Crippen LogP contribution in [-0.2, 0) is 0 Å². The second-order valence-corrected chi connectivity index (χ2v) is 7.16. The van der Waals surface area contributed by atoms with Gasteiger partial charge in [0.2, 0.25) is 5.76 Å². The summed E-state index contributed by atoms with van der Waals surface area (Å²) in [7, 11) is 0. The van der Waals surface area contributed by atoms with E-state index in [0.717, 1.165) is 37.0 Å². The molecule has 1 aromatic carbocycles. The van der Waals surface area contributed by atoms with Gasteiger partial charge >= 0.3 is 0 Å². The molecule has 4 aromatic rings. The molecule has 4 heterocycles. The number of carbonyl (C=O) groups excluding carboxylic acids is 1. The van der Waals surface area contributed by atoms with Gasteiger partial charge in [-0.15, -0.1) is 0 Å². The lowest BCUT2D eigenvalue weighted by molar-refractivity contribution is 0.0935. The van der Waals surface area contributed by atoms with Crippen LogP contribution in [0.15, 0.2) is 62.1 Å². The lowest BCUT2D eigenvalue weighted by atomic mass is 9.97. The molecule has 0 unspecified atom stereocenters. The lowest BCUT2D eigenvalue weighted by Gasteiger charge is -2.30. The Hall–Kier alpha value is -3.55. The molecule has 0 spiro atoms. The van der Waals surface area contributed by atoms with Gasteiger partial charge in [0.25, 0.3) is 11.9 Å². The molecule has 0 saturated carbocycles. The molecule has 8 nitrogen and oxygen atoms in total. The van der Waals surface area contributed by atoms with Crippen molar-refractivity contribution in [3.63, 3.8) is 0 Å². The predicted octanol–water partition coefficient (Wildman–Crippen LogP) is 3.72. The van der Waals surface area contributed by atoms with Crippen molar-refractivity contribution in [1.82, 2.24) is 15.5 Å². The highest BCUT2D eigenvalue weighted by molar-refractivity contribution is 5.92. The molecule has 0 radical (unpaired) electrons. The molecule has 1 N–H and O–H groups in total. The number of rotatable bonds is 5. The summed E-state index contributed by atoms with van der Waals surface area (Å²) >= 11 is 0. The number of piperidine rings is 1. The fourth-order valence-electron chi connectivity index (χ4n) is 3.57. The van der Waals surface area contributed by atoms with Gasteiger partial charge in [-0.2, -0.15) is 4.98 Å². The third-order valence-corrected chi connectivity index (χ3v) is 5.23. The van der Waals surface area contributed by atoms with Crippen LogP contribution in [0.1, 0.15) is 23.3 Å². The predicted molar refractivity (Wildman–Crippen MR) is 105 cm³/mol. The van der Waals surface area contributed by atoms with Crippen LogP contribution in [-0.4, -0.2) is 35.7 Å². The number of fused-ring (bicyclic) bond motifs is 1. The van der Waals surface area contributed by atoms with Crippen LogP contribution in [0.2, 0.25) is 0 Å². The zero-order valence-corrected chi connectivity index (χ0v) is 15.7. The molecule has 1 saturated heterocycles. The zero-order valence-electron chi connectivity index (χ0n) is 15.7. The highest BCUT2D eigenvalue weighted by atomic mass is 16.5. The van der Waals surface area contributed by atoms with Gasteiger partial charge in [-0.3, -0.25) is 4.79 Å². The minimum Gasteiger partial charge on any atom is -0.461 e. The molecule has 0 atom stereocenters. The summed E-state index contributed by atoms with van der Waals surface area (Å²) in [6, 6.07) is 13.5. The number of para-hydroxylation sites is 2. The van der Waals surface area contributed by atoms with E-state index in [1.165, 1.54) is 0 Å². The van der Waals surface area contributed by atoms with Crippen LogP contribution in [0.4, 0.5) is 6.01 Å². The topological polar surface area (TPSA) is 97.5 Å². The highest BCUT2D eigenvalue weighted by Gasteiger charge is 2.24. The molecule has 1 fully saturated rings. The van der Waals surface area contributed by atoms with Gasteiger partial charge in [-0.05, 0) is 43.0 Å². The fraction of sp³-hybridized carbons (Fsp3) is 0.286. The summed E-state index contributed by atoms with van der Waals surface area (Å²) in [5.74, 6) is 1.14. The molecule has 5 rings (SSSR count). The number of benzene rings is 1. The zero-order chi connectivity index (χ0) is 19.6. The second-order valence-electron chi connectivity index (χ2n) is 7.16. The number of aromatic nitrogens is 2. The van der Waals surface area contributed by atoms with Gasteiger partial charge in [0, 0.05) is 25.7 Å². The monoisotopic (exact) mass is 392 g/mol. The third-order valence-electron chi connectivity index (χ3n) is 5.23. The first-order valence-corrected chi connectivity index (χ1v) is 9.65. The maximum Gasteiger partial charge on any atom is 0.298 e. The van der Waals surface area contributed by atoms with Crippen molar-refractivity contribution in [3.8, 4) is 11.5 Å². The molecule has 29 heavy (non-hydrogen) atoms. The third kappa shape index (κ3) is 3.61. The maximum absolute atomic E-state index is 12.4. The Morgan fingerprint density at radius 1 is 1.14 bits per heavy atom. The number of furan rings is 1. The second kappa shape index (κ2) is 7.46. The normalized spacial score (nSPS) is 15.1. The summed E-state index contributed by atoms with van der Waals surface area (Å²) < 4.78 is 16.3. The van der Waals surface area contributed by atoms with E-state index in [1.54, 1.807) is 24.5 Å². The van der Waals surface area contributed by atoms with Gasteiger partial charge in [0.05, 0.1) is 6.26 Å². The number of hydrogen-bond donors (Lipinski definition) is 1. The van der Waals surface area contributed by atoms with E-state index in [1.807, 2.05) is 24.3 Å². The van der Waals surface area contributed by atoms with Gasteiger partial charge in [-0.25, -0.2) is 0 Å². The summed E-state index contributed by atoms with van der Waals surface area (Å²) in [5, 5.41) is 6.79. The van der Waals surface area contributed by atoms with Crippen molar-refractivity contribution in [2.45, 2.75) is 12.8 Å². The number of hydrogen-bond acceptors (Lipinski definition) is 7. The van der Waals surface area contributed by atoms with Crippen molar-refractivity contribution in [1.29, 1.82) is 0 Å². The Balaban J connectivity index is 1.13. The van der Waals surface area contributed by atoms with Crippen molar-refractivity contribution in [2.24, 2.45) is 5.92 Å². The smallest absolute Gasteiger partial charge is 0.298 e. The molecule has 1 aliphatic heterocycles. The van der Waals surface area contributed by atoms with E-state index in [4.69, 9.17) is 13.4 Å². The molecule has 148 valence electrons. The molecule has 8 heteroatoms. The summed E-state index contributed by atoms with van der Waals surface area (Å²) in [6.07, 6.45) is 3.45. The Kier molecular flexibility index (Phi) is 4.51. The van der Waals surface area contributed by atoms with Crippen LogP contribution < -0.4 is 10.2 Å². The number of carbonyl (C=O) groups is 1. The number of oxazole rings is 1. The minimum atomic E-state index is -0.243. The molecule has 1 amide bonds. The van der Waals surface area contributed by atoms with Crippen LogP contribution in [0.3, 0.4) is 0 Å². The first-order valence-electron chi connectivity index (χ1n) is 9.65. The summed E-state index contributed by atoms with van der Waals surface area (Å²) in [4.78, 5) is 19.1. The molecule has 3 aromatic heterocycles. The van der Waals surface area contributed by atoms with Crippen molar-refractivity contribution < 1.29 is 18.2 Å². The fourth-order valence-corrected chi connectivity index (χ4v) is 3.57. The van der Waals surface area contributed by atoms with E-state index in [-0.39, 0.29) is 11.6 Å². The lowest BCUT2D eigenvalue weighted by Crippen LogP contribution is -2.38. The van der Waals surface area contributed by atoms with E-state index in [0.29, 0.717) is 30.0 Å². The van der Waals surface area contributed by atoms with Crippen LogP contribution in [0, 0.1) is 5.92 Å². The van der Waals surface area contributed by atoms with Gasteiger partial charge in [0.1, 0.15) is 5.52 Å².